The lowest BCUT2D eigenvalue weighted by Gasteiger charge is -2.34. The minimum absolute atomic E-state index is 0. The van der Waals surface area contributed by atoms with Crippen molar-refractivity contribution >= 4 is 24.1 Å². The van der Waals surface area contributed by atoms with Crippen LogP contribution in [0.3, 0.4) is 0 Å². The van der Waals surface area contributed by atoms with E-state index in [-0.39, 0.29) is 24.4 Å². The first-order valence-electron chi connectivity index (χ1n) is 8.88. The highest BCUT2D eigenvalue weighted by molar-refractivity contribution is 5.89. The van der Waals surface area contributed by atoms with Gasteiger partial charge in [0.25, 0.3) is 0 Å². The molecule has 0 bridgehead atoms. The standard InChI is InChI=1S/C18H23N5O2.ClH/c19-18(9-4-10-18)16-21-15(25-22-16)13-7-11-23(12-8-13)17(24)20-14-5-2-1-3-6-14;/h1-3,5-6,13H,4,7-12,19H2,(H,20,24);1H. The molecule has 140 valence electrons. The van der Waals surface area contributed by atoms with Crippen LogP contribution in [0.15, 0.2) is 34.9 Å². The molecule has 1 aromatic carbocycles. The quantitative estimate of drug-likeness (QED) is 0.855. The summed E-state index contributed by atoms with van der Waals surface area (Å²) in [4.78, 5) is 18.7. The third-order valence-corrected chi connectivity index (χ3v) is 5.29. The van der Waals surface area contributed by atoms with Crippen molar-refractivity contribution in [2.75, 3.05) is 18.4 Å². The molecule has 4 rings (SSSR count). The average Bonchev–Trinajstić information content (AvgIpc) is 3.11. The van der Waals surface area contributed by atoms with Crippen molar-refractivity contribution in [3.05, 3.63) is 42.0 Å². The maximum atomic E-state index is 12.3. The summed E-state index contributed by atoms with van der Waals surface area (Å²) in [7, 11) is 0. The summed E-state index contributed by atoms with van der Waals surface area (Å²) in [5, 5.41) is 7.02. The van der Waals surface area contributed by atoms with E-state index in [1.165, 1.54) is 0 Å². The van der Waals surface area contributed by atoms with Crippen molar-refractivity contribution in [2.45, 2.75) is 43.6 Å². The van der Waals surface area contributed by atoms with Crippen LogP contribution in [0.5, 0.6) is 0 Å². The smallest absolute Gasteiger partial charge is 0.321 e. The predicted octanol–water partition coefficient (Wildman–Crippen LogP) is 3.24. The van der Waals surface area contributed by atoms with E-state index >= 15 is 0 Å². The second-order valence-electron chi connectivity index (χ2n) is 7.02. The SMILES string of the molecule is Cl.NC1(c2noc(C3CCN(C(=O)Nc4ccccc4)CC3)n2)CCC1. The van der Waals surface area contributed by atoms with Gasteiger partial charge in [-0.2, -0.15) is 4.98 Å². The Bertz CT molecular complexity index is 739. The number of likely N-dealkylation sites (tertiary alicyclic amines) is 1. The zero-order valence-electron chi connectivity index (χ0n) is 14.6. The molecule has 2 fully saturated rings. The van der Waals surface area contributed by atoms with Crippen LogP contribution in [0.4, 0.5) is 10.5 Å². The lowest BCUT2D eigenvalue weighted by Crippen LogP contribution is -2.44. The number of piperidine rings is 1. The summed E-state index contributed by atoms with van der Waals surface area (Å²) < 4.78 is 5.46. The zero-order chi connectivity index (χ0) is 17.3. The molecule has 1 aliphatic carbocycles. The molecule has 2 heterocycles. The number of rotatable bonds is 3. The lowest BCUT2D eigenvalue weighted by molar-refractivity contribution is 0.187. The molecular weight excluding hydrogens is 354 g/mol. The van der Waals surface area contributed by atoms with Crippen LogP contribution in [0.25, 0.3) is 0 Å². The van der Waals surface area contributed by atoms with Crippen LogP contribution in [-0.2, 0) is 5.54 Å². The Balaban J connectivity index is 0.00000196. The third kappa shape index (κ3) is 3.68. The number of nitrogens with two attached hydrogens (primary N) is 1. The summed E-state index contributed by atoms with van der Waals surface area (Å²) in [6.45, 7) is 1.35. The molecule has 1 aromatic heterocycles. The highest BCUT2D eigenvalue weighted by Crippen LogP contribution is 2.38. The van der Waals surface area contributed by atoms with Gasteiger partial charge in [-0.25, -0.2) is 4.79 Å². The molecule has 2 amide bonds. The van der Waals surface area contributed by atoms with Crippen molar-refractivity contribution in [1.29, 1.82) is 0 Å². The molecule has 8 heteroatoms. The molecule has 2 aliphatic rings. The normalized spacial score (nSPS) is 19.3. The largest absolute Gasteiger partial charge is 0.339 e. The Labute approximate surface area is 158 Å². The molecule has 1 saturated heterocycles. The number of benzene rings is 1. The molecule has 26 heavy (non-hydrogen) atoms. The van der Waals surface area contributed by atoms with Gasteiger partial charge in [-0.05, 0) is 44.2 Å². The van der Waals surface area contributed by atoms with E-state index in [2.05, 4.69) is 15.5 Å². The van der Waals surface area contributed by atoms with E-state index in [0.29, 0.717) is 24.8 Å². The molecule has 0 atom stereocenters. The van der Waals surface area contributed by atoms with Gasteiger partial charge in [-0.15, -0.1) is 12.4 Å². The maximum Gasteiger partial charge on any atom is 0.321 e. The molecular formula is C18H24ClN5O2. The van der Waals surface area contributed by atoms with Crippen LogP contribution in [0.1, 0.15) is 49.7 Å². The lowest BCUT2D eigenvalue weighted by atomic mass is 9.77. The number of anilines is 1. The number of urea groups is 1. The van der Waals surface area contributed by atoms with E-state index in [4.69, 9.17) is 10.3 Å². The van der Waals surface area contributed by atoms with Crippen LogP contribution in [-0.4, -0.2) is 34.2 Å². The van der Waals surface area contributed by atoms with Gasteiger partial charge < -0.3 is 20.5 Å². The van der Waals surface area contributed by atoms with Gasteiger partial charge in [0.05, 0.1) is 5.54 Å². The summed E-state index contributed by atoms with van der Waals surface area (Å²) in [6.07, 6.45) is 4.60. The molecule has 7 nitrogen and oxygen atoms in total. The highest BCUT2D eigenvalue weighted by Gasteiger charge is 2.39. The van der Waals surface area contributed by atoms with E-state index in [1.54, 1.807) is 0 Å². The number of aromatic nitrogens is 2. The number of halogens is 1. The maximum absolute atomic E-state index is 12.3. The number of para-hydroxylation sites is 1. The predicted molar refractivity (Wildman–Crippen MR) is 100 cm³/mol. The van der Waals surface area contributed by atoms with Crippen molar-refractivity contribution in [1.82, 2.24) is 15.0 Å². The molecule has 0 spiro atoms. The first-order chi connectivity index (χ1) is 12.1. The molecule has 1 aliphatic heterocycles. The van der Waals surface area contributed by atoms with Gasteiger partial charge >= 0.3 is 6.03 Å². The van der Waals surface area contributed by atoms with Gasteiger partial charge in [0.1, 0.15) is 0 Å². The van der Waals surface area contributed by atoms with E-state index < -0.39 is 5.54 Å². The Hall–Kier alpha value is -2.12. The van der Waals surface area contributed by atoms with Crippen LogP contribution >= 0.6 is 12.4 Å². The molecule has 1 saturated carbocycles. The Morgan fingerprint density at radius 2 is 1.92 bits per heavy atom. The van der Waals surface area contributed by atoms with Crippen molar-refractivity contribution in [2.24, 2.45) is 5.73 Å². The van der Waals surface area contributed by atoms with E-state index in [0.717, 1.165) is 37.8 Å². The fourth-order valence-corrected chi connectivity index (χ4v) is 3.44. The van der Waals surface area contributed by atoms with Crippen LogP contribution in [0.2, 0.25) is 0 Å². The molecule has 0 radical (unpaired) electrons. The fraction of sp³-hybridized carbons (Fsp3) is 0.500. The number of carbonyl (C=O) groups is 1. The minimum Gasteiger partial charge on any atom is -0.339 e. The Morgan fingerprint density at radius 1 is 1.23 bits per heavy atom. The first-order valence-corrected chi connectivity index (χ1v) is 8.88. The molecule has 2 aromatic rings. The average molecular weight is 378 g/mol. The molecule has 3 N–H and O–H groups in total. The van der Waals surface area contributed by atoms with Crippen molar-refractivity contribution < 1.29 is 9.32 Å². The Kier molecular flexibility index (Phi) is 5.48. The number of hydrogen-bond acceptors (Lipinski definition) is 5. The van der Waals surface area contributed by atoms with Crippen LogP contribution < -0.4 is 11.1 Å². The van der Waals surface area contributed by atoms with Crippen LogP contribution in [0, 0.1) is 0 Å². The number of nitrogens with zero attached hydrogens (tertiary/aromatic N) is 3. The van der Waals surface area contributed by atoms with Crippen molar-refractivity contribution in [3.63, 3.8) is 0 Å². The van der Waals surface area contributed by atoms with Crippen molar-refractivity contribution in [3.8, 4) is 0 Å². The van der Waals surface area contributed by atoms with E-state index in [9.17, 15) is 4.79 Å². The summed E-state index contributed by atoms with van der Waals surface area (Å²) in [5.74, 6) is 1.50. The monoisotopic (exact) mass is 377 g/mol. The Morgan fingerprint density at radius 3 is 2.54 bits per heavy atom. The highest BCUT2D eigenvalue weighted by atomic mass is 35.5. The van der Waals surface area contributed by atoms with Gasteiger partial charge in [0, 0.05) is 24.7 Å². The first kappa shape index (κ1) is 18.7. The summed E-state index contributed by atoms with van der Waals surface area (Å²) in [5.41, 5.74) is 6.68. The van der Waals surface area contributed by atoms with Gasteiger partial charge in [-0.1, -0.05) is 23.4 Å². The fourth-order valence-electron chi connectivity index (χ4n) is 3.44. The summed E-state index contributed by atoms with van der Waals surface area (Å²) >= 11 is 0. The number of carbonyl (C=O) groups excluding carboxylic acids is 1. The second-order valence-corrected chi connectivity index (χ2v) is 7.02. The number of nitrogens with one attached hydrogen (secondary N) is 1. The van der Waals surface area contributed by atoms with Gasteiger partial charge in [0.2, 0.25) is 5.89 Å². The van der Waals surface area contributed by atoms with E-state index in [1.807, 2.05) is 35.2 Å². The zero-order valence-corrected chi connectivity index (χ0v) is 15.4. The topological polar surface area (TPSA) is 97.3 Å². The molecule has 0 unspecified atom stereocenters. The second kappa shape index (κ2) is 7.63. The van der Waals surface area contributed by atoms with Gasteiger partial charge in [-0.3, -0.25) is 0 Å². The number of amides is 2. The minimum atomic E-state index is -0.391. The number of hydrogen-bond donors (Lipinski definition) is 2. The third-order valence-electron chi connectivity index (χ3n) is 5.29. The summed E-state index contributed by atoms with van der Waals surface area (Å²) in [6, 6.07) is 9.44. The van der Waals surface area contributed by atoms with Gasteiger partial charge in [0.15, 0.2) is 5.82 Å².